The van der Waals surface area contributed by atoms with Crippen LogP contribution in [0, 0.1) is 11.8 Å². The Hall–Kier alpha value is -0.0400. The van der Waals surface area contributed by atoms with Gasteiger partial charge in [0.2, 0.25) is 0 Å². The predicted molar refractivity (Wildman–Crippen MR) is 75.2 cm³/mol. The van der Waals surface area contributed by atoms with Crippen molar-refractivity contribution in [1.82, 2.24) is 4.90 Å². The van der Waals surface area contributed by atoms with Crippen molar-refractivity contribution in [2.24, 2.45) is 11.8 Å². The van der Waals surface area contributed by atoms with Gasteiger partial charge in [-0.25, -0.2) is 0 Å². The largest absolute Gasteiger partial charge is 0.301 e. The Morgan fingerprint density at radius 1 is 0.824 bits per heavy atom. The van der Waals surface area contributed by atoms with E-state index in [0.717, 1.165) is 17.9 Å². The normalized spacial score (nSPS) is 33.4. The molecule has 1 aliphatic heterocycles. The van der Waals surface area contributed by atoms with Gasteiger partial charge in [-0.15, -0.1) is 0 Å². The van der Waals surface area contributed by atoms with Crippen LogP contribution in [0.15, 0.2) is 0 Å². The summed E-state index contributed by atoms with van der Waals surface area (Å²) in [6.45, 7) is 7.48. The van der Waals surface area contributed by atoms with Crippen molar-refractivity contribution in [2.45, 2.75) is 77.7 Å². The summed E-state index contributed by atoms with van der Waals surface area (Å²) in [5.41, 5.74) is 0. The number of hydrogen-bond donors (Lipinski definition) is 0. The Morgan fingerprint density at radius 3 is 2.35 bits per heavy atom. The van der Waals surface area contributed by atoms with Crippen molar-refractivity contribution in [2.75, 3.05) is 13.1 Å². The fraction of sp³-hybridized carbons (Fsp3) is 1.00. The van der Waals surface area contributed by atoms with Gasteiger partial charge in [-0.2, -0.15) is 0 Å². The van der Waals surface area contributed by atoms with E-state index in [4.69, 9.17) is 0 Å². The molecule has 1 aliphatic carbocycles. The van der Waals surface area contributed by atoms with E-state index >= 15 is 0 Å². The first kappa shape index (κ1) is 13.4. The minimum absolute atomic E-state index is 0.747. The molecule has 2 bridgehead atoms. The van der Waals surface area contributed by atoms with E-state index < -0.39 is 0 Å². The first-order chi connectivity index (χ1) is 8.25. The molecule has 0 radical (unpaired) electrons. The Balaban J connectivity index is 1.88. The van der Waals surface area contributed by atoms with Crippen LogP contribution >= 0.6 is 0 Å². The van der Waals surface area contributed by atoms with Gasteiger partial charge < -0.3 is 4.90 Å². The summed E-state index contributed by atoms with van der Waals surface area (Å²) in [7, 11) is 0. The molecule has 17 heavy (non-hydrogen) atoms. The molecule has 0 aromatic carbocycles. The second-order valence-corrected chi connectivity index (χ2v) is 6.69. The van der Waals surface area contributed by atoms with Gasteiger partial charge in [0, 0.05) is 12.6 Å². The molecule has 0 aromatic heterocycles. The van der Waals surface area contributed by atoms with E-state index in [-0.39, 0.29) is 0 Å². The van der Waals surface area contributed by atoms with Crippen LogP contribution in [0.3, 0.4) is 0 Å². The molecule has 0 aromatic rings. The Morgan fingerprint density at radius 2 is 1.53 bits per heavy atom. The summed E-state index contributed by atoms with van der Waals surface area (Å²) in [5, 5.41) is 0. The molecule has 2 rings (SSSR count). The Bertz CT molecular complexity index is 212. The average molecular weight is 237 g/mol. The first-order valence-corrected chi connectivity index (χ1v) is 7.99. The average Bonchev–Trinajstić information content (AvgIpc) is 2.72. The highest BCUT2D eigenvalue weighted by atomic mass is 15.1. The van der Waals surface area contributed by atoms with Crippen LogP contribution in [-0.4, -0.2) is 24.0 Å². The van der Waals surface area contributed by atoms with Gasteiger partial charge in [-0.05, 0) is 51.5 Å². The van der Waals surface area contributed by atoms with Crippen LogP contribution in [0.4, 0.5) is 0 Å². The first-order valence-electron chi connectivity index (χ1n) is 7.99. The second kappa shape index (κ2) is 6.78. The molecule has 1 saturated carbocycles. The molecule has 0 spiro atoms. The van der Waals surface area contributed by atoms with Crippen LogP contribution in [0.5, 0.6) is 0 Å². The lowest BCUT2D eigenvalue weighted by atomic mass is 9.96. The van der Waals surface area contributed by atoms with E-state index in [0.29, 0.717) is 0 Å². The molecule has 2 aliphatic rings. The van der Waals surface area contributed by atoms with Crippen LogP contribution in [-0.2, 0) is 0 Å². The van der Waals surface area contributed by atoms with E-state index in [2.05, 4.69) is 18.7 Å². The Kier molecular flexibility index (Phi) is 5.34. The smallest absolute Gasteiger partial charge is 0.00387 e. The molecule has 1 heterocycles. The maximum atomic E-state index is 2.74. The van der Waals surface area contributed by atoms with Crippen molar-refractivity contribution in [3.05, 3.63) is 0 Å². The maximum absolute atomic E-state index is 2.74. The van der Waals surface area contributed by atoms with Gasteiger partial charge in [0.25, 0.3) is 0 Å². The number of rotatable bonds is 1. The fourth-order valence-corrected chi connectivity index (χ4v) is 3.78. The van der Waals surface area contributed by atoms with Gasteiger partial charge >= 0.3 is 0 Å². The third-order valence-corrected chi connectivity index (χ3v) is 4.93. The fourth-order valence-electron chi connectivity index (χ4n) is 3.78. The standard InChI is InChI=1S/C16H31N/c1-14(2)17-11-7-5-3-4-6-8-15-9-10-16(12-15)13-17/h14-16H,3-13H2,1-2H3. The van der Waals surface area contributed by atoms with Crippen molar-refractivity contribution in [1.29, 1.82) is 0 Å². The molecule has 2 atom stereocenters. The topological polar surface area (TPSA) is 3.24 Å². The molecule has 1 saturated heterocycles. The third-order valence-electron chi connectivity index (χ3n) is 4.93. The van der Waals surface area contributed by atoms with Gasteiger partial charge in [0.05, 0.1) is 0 Å². The minimum Gasteiger partial charge on any atom is -0.301 e. The lowest BCUT2D eigenvalue weighted by molar-refractivity contribution is 0.180. The highest BCUT2D eigenvalue weighted by molar-refractivity contribution is 4.79. The van der Waals surface area contributed by atoms with Gasteiger partial charge in [-0.3, -0.25) is 0 Å². The van der Waals surface area contributed by atoms with Gasteiger partial charge in [0.15, 0.2) is 0 Å². The molecule has 0 N–H and O–H groups in total. The zero-order chi connectivity index (χ0) is 12.1. The van der Waals surface area contributed by atoms with E-state index in [1.165, 1.54) is 70.9 Å². The summed E-state index contributed by atoms with van der Waals surface area (Å²) in [6.07, 6.45) is 13.4. The minimum atomic E-state index is 0.747. The molecule has 2 unspecified atom stereocenters. The quantitative estimate of drug-likeness (QED) is 0.650. The zero-order valence-corrected chi connectivity index (χ0v) is 12.0. The highest BCUT2D eigenvalue weighted by Gasteiger charge is 2.26. The molecule has 1 heteroatoms. The van der Waals surface area contributed by atoms with Crippen molar-refractivity contribution >= 4 is 0 Å². The van der Waals surface area contributed by atoms with Crippen molar-refractivity contribution in [3.63, 3.8) is 0 Å². The summed E-state index contributed by atoms with van der Waals surface area (Å²) in [5.74, 6) is 2.09. The molecular formula is C16H31N. The summed E-state index contributed by atoms with van der Waals surface area (Å²) in [6, 6.07) is 0.747. The van der Waals surface area contributed by atoms with Crippen LogP contribution in [0.2, 0.25) is 0 Å². The number of nitrogens with zero attached hydrogens (tertiary/aromatic N) is 1. The van der Waals surface area contributed by atoms with Crippen LogP contribution < -0.4 is 0 Å². The predicted octanol–water partition coefficient (Wildman–Crippen LogP) is 4.47. The lowest BCUT2D eigenvalue weighted by Crippen LogP contribution is -2.35. The highest BCUT2D eigenvalue weighted by Crippen LogP contribution is 2.35. The second-order valence-electron chi connectivity index (χ2n) is 6.69. The molecular weight excluding hydrogens is 206 g/mol. The maximum Gasteiger partial charge on any atom is 0.00387 e. The zero-order valence-electron chi connectivity index (χ0n) is 12.0. The van der Waals surface area contributed by atoms with Crippen LogP contribution in [0.1, 0.15) is 71.6 Å². The molecule has 1 nitrogen and oxygen atoms in total. The molecule has 2 fully saturated rings. The third kappa shape index (κ3) is 4.28. The van der Waals surface area contributed by atoms with E-state index in [9.17, 15) is 0 Å². The summed E-state index contributed by atoms with van der Waals surface area (Å²) < 4.78 is 0. The SMILES string of the molecule is CC(C)N1CCCCCCCC2CCC(C2)C1. The summed E-state index contributed by atoms with van der Waals surface area (Å²) >= 11 is 0. The molecule has 0 amide bonds. The van der Waals surface area contributed by atoms with Crippen molar-refractivity contribution in [3.8, 4) is 0 Å². The van der Waals surface area contributed by atoms with E-state index in [1.807, 2.05) is 0 Å². The lowest BCUT2D eigenvalue weighted by Gasteiger charge is -2.29. The number of fused-ring (bicyclic) bond motifs is 2. The monoisotopic (exact) mass is 237 g/mol. The summed E-state index contributed by atoms with van der Waals surface area (Å²) in [4.78, 5) is 2.74. The van der Waals surface area contributed by atoms with Gasteiger partial charge in [-0.1, -0.05) is 38.5 Å². The Labute approximate surface area is 108 Å². The van der Waals surface area contributed by atoms with Crippen molar-refractivity contribution < 1.29 is 0 Å². The van der Waals surface area contributed by atoms with E-state index in [1.54, 1.807) is 0 Å². The van der Waals surface area contributed by atoms with Gasteiger partial charge in [0.1, 0.15) is 0 Å². The van der Waals surface area contributed by atoms with Crippen LogP contribution in [0.25, 0.3) is 0 Å². The molecule has 100 valence electrons. The number of hydrogen-bond acceptors (Lipinski definition) is 1.